The predicted molar refractivity (Wildman–Crippen MR) is 81.3 cm³/mol. The van der Waals surface area contributed by atoms with Crippen LogP contribution in [0.15, 0.2) is 12.3 Å². The molecule has 4 nitrogen and oxygen atoms in total. The first-order valence-corrected chi connectivity index (χ1v) is 7.37. The maximum Gasteiger partial charge on any atom is 0.496 e. The van der Waals surface area contributed by atoms with E-state index >= 15 is 0 Å². The van der Waals surface area contributed by atoms with Crippen LogP contribution in [0.4, 0.5) is 8.78 Å². The zero-order chi connectivity index (χ0) is 16.5. The molecule has 22 heavy (non-hydrogen) atoms. The molecule has 0 aliphatic carbocycles. The quantitative estimate of drug-likeness (QED) is 0.777. The van der Waals surface area contributed by atoms with Gasteiger partial charge in [0.05, 0.1) is 11.2 Å². The fraction of sp³-hybridized carbons (Fsp3) is 0.643. The molecule has 0 amide bonds. The van der Waals surface area contributed by atoms with Crippen molar-refractivity contribution in [3.8, 4) is 5.88 Å². The number of alkyl halides is 2. The van der Waals surface area contributed by atoms with E-state index in [1.54, 1.807) is 6.07 Å². The van der Waals surface area contributed by atoms with Gasteiger partial charge in [0.2, 0.25) is 5.88 Å². The molecular formula is C14H19BClF2NO3. The fourth-order valence-electron chi connectivity index (χ4n) is 1.90. The second-order valence-electron chi connectivity index (χ2n) is 6.19. The standard InChI is InChI=1S/C14H19BClF2NO3/c1-13(2)14(3,4)22-15(21-13)9-5-11(16)12(19-8-9)20-10(6-17)7-18/h5,8,10H,6-7H2,1-4H3. The molecule has 1 fully saturated rings. The summed E-state index contributed by atoms with van der Waals surface area (Å²) in [6.45, 7) is 5.85. The molecule has 2 rings (SSSR count). The highest BCUT2D eigenvalue weighted by atomic mass is 35.5. The summed E-state index contributed by atoms with van der Waals surface area (Å²) >= 11 is 6.06. The van der Waals surface area contributed by atoms with Crippen LogP contribution in [-0.4, -0.2) is 42.8 Å². The molecule has 0 bridgehead atoms. The van der Waals surface area contributed by atoms with Crippen LogP contribution in [0.3, 0.4) is 0 Å². The Morgan fingerprint density at radius 1 is 1.23 bits per heavy atom. The lowest BCUT2D eigenvalue weighted by Gasteiger charge is -2.32. The largest absolute Gasteiger partial charge is 0.496 e. The molecule has 0 N–H and O–H groups in total. The van der Waals surface area contributed by atoms with Crippen molar-refractivity contribution >= 4 is 24.2 Å². The summed E-state index contributed by atoms with van der Waals surface area (Å²) in [6, 6.07) is 1.57. The van der Waals surface area contributed by atoms with E-state index in [0.717, 1.165) is 0 Å². The van der Waals surface area contributed by atoms with E-state index < -0.39 is 37.8 Å². The van der Waals surface area contributed by atoms with E-state index in [1.807, 2.05) is 27.7 Å². The third-order valence-corrected chi connectivity index (χ3v) is 4.25. The van der Waals surface area contributed by atoms with Crippen molar-refractivity contribution in [1.29, 1.82) is 0 Å². The molecule has 8 heteroatoms. The highest BCUT2D eigenvalue weighted by molar-refractivity contribution is 6.62. The molecule has 0 saturated carbocycles. The molecule has 1 saturated heterocycles. The second-order valence-corrected chi connectivity index (χ2v) is 6.60. The van der Waals surface area contributed by atoms with Crippen LogP contribution in [0.2, 0.25) is 5.02 Å². The molecule has 0 unspecified atom stereocenters. The maximum absolute atomic E-state index is 12.5. The van der Waals surface area contributed by atoms with Crippen LogP contribution in [-0.2, 0) is 9.31 Å². The summed E-state index contributed by atoms with van der Waals surface area (Å²) in [7, 11) is -0.609. The molecule has 0 radical (unpaired) electrons. The van der Waals surface area contributed by atoms with Gasteiger partial charge in [0, 0.05) is 11.7 Å². The molecular weight excluding hydrogens is 314 g/mol. The van der Waals surface area contributed by atoms with Crippen LogP contribution in [0.5, 0.6) is 5.88 Å². The fourth-order valence-corrected chi connectivity index (χ4v) is 2.12. The minimum Gasteiger partial charge on any atom is -0.468 e. The highest BCUT2D eigenvalue weighted by Crippen LogP contribution is 2.36. The zero-order valence-electron chi connectivity index (χ0n) is 13.0. The molecule has 2 heterocycles. The summed E-state index contributed by atoms with van der Waals surface area (Å²) in [5.41, 5.74) is -0.340. The topological polar surface area (TPSA) is 40.6 Å². The Kier molecular flexibility index (Phi) is 4.99. The number of halogens is 3. The highest BCUT2D eigenvalue weighted by Gasteiger charge is 2.51. The lowest BCUT2D eigenvalue weighted by molar-refractivity contribution is 0.00578. The van der Waals surface area contributed by atoms with Crippen LogP contribution in [0.25, 0.3) is 0 Å². The normalized spacial score (nSPS) is 19.7. The van der Waals surface area contributed by atoms with Gasteiger partial charge < -0.3 is 14.0 Å². The van der Waals surface area contributed by atoms with Crippen molar-refractivity contribution in [1.82, 2.24) is 4.98 Å². The average Bonchev–Trinajstić information content (AvgIpc) is 2.66. The van der Waals surface area contributed by atoms with Crippen molar-refractivity contribution in [2.24, 2.45) is 0 Å². The second kappa shape index (κ2) is 6.30. The Bertz CT molecular complexity index is 525. The van der Waals surface area contributed by atoms with Crippen LogP contribution in [0, 0.1) is 0 Å². The third-order valence-electron chi connectivity index (χ3n) is 3.98. The Labute approximate surface area is 134 Å². The van der Waals surface area contributed by atoms with Gasteiger partial charge in [-0.25, -0.2) is 13.8 Å². The number of pyridine rings is 1. The van der Waals surface area contributed by atoms with E-state index in [1.165, 1.54) is 6.20 Å². The summed E-state index contributed by atoms with van der Waals surface area (Å²) in [4.78, 5) is 4.01. The van der Waals surface area contributed by atoms with Crippen molar-refractivity contribution in [2.75, 3.05) is 13.3 Å². The van der Waals surface area contributed by atoms with E-state index in [2.05, 4.69) is 4.98 Å². The first kappa shape index (κ1) is 17.4. The number of hydrogen-bond donors (Lipinski definition) is 0. The molecule has 0 atom stereocenters. The van der Waals surface area contributed by atoms with Gasteiger partial charge in [0.1, 0.15) is 18.4 Å². The van der Waals surface area contributed by atoms with Crippen LogP contribution < -0.4 is 10.2 Å². The van der Waals surface area contributed by atoms with Crippen LogP contribution in [0.1, 0.15) is 27.7 Å². The van der Waals surface area contributed by atoms with Gasteiger partial charge in [-0.2, -0.15) is 0 Å². The smallest absolute Gasteiger partial charge is 0.468 e. The summed E-state index contributed by atoms with van der Waals surface area (Å²) in [6.07, 6.45) is 0.268. The maximum atomic E-state index is 12.5. The van der Waals surface area contributed by atoms with Crippen LogP contribution >= 0.6 is 11.6 Å². The number of aromatic nitrogens is 1. The van der Waals surface area contributed by atoms with Gasteiger partial charge in [-0.1, -0.05) is 11.6 Å². The predicted octanol–water partition coefficient (Wildman–Crippen LogP) is 2.72. The Hall–Kier alpha value is -0.915. The van der Waals surface area contributed by atoms with Gasteiger partial charge >= 0.3 is 7.12 Å². The van der Waals surface area contributed by atoms with E-state index in [4.69, 9.17) is 25.6 Å². The van der Waals surface area contributed by atoms with Crippen molar-refractivity contribution in [3.05, 3.63) is 17.3 Å². The molecule has 122 valence electrons. The van der Waals surface area contributed by atoms with Gasteiger partial charge in [0.15, 0.2) is 6.10 Å². The van der Waals surface area contributed by atoms with Crippen molar-refractivity contribution in [3.63, 3.8) is 0 Å². The van der Waals surface area contributed by atoms with Gasteiger partial charge in [-0.15, -0.1) is 0 Å². The van der Waals surface area contributed by atoms with E-state index in [9.17, 15) is 8.78 Å². The number of nitrogens with zero attached hydrogens (tertiary/aromatic N) is 1. The minimum atomic E-state index is -1.20. The molecule has 1 aliphatic heterocycles. The number of ether oxygens (including phenoxy) is 1. The Balaban J connectivity index is 2.17. The Morgan fingerprint density at radius 2 is 1.77 bits per heavy atom. The number of rotatable bonds is 5. The zero-order valence-corrected chi connectivity index (χ0v) is 13.8. The van der Waals surface area contributed by atoms with Crippen molar-refractivity contribution in [2.45, 2.75) is 45.0 Å². The summed E-state index contributed by atoms with van der Waals surface area (Å²) in [5, 5.41) is 0.152. The summed E-state index contributed by atoms with van der Waals surface area (Å²) in [5.74, 6) is -0.0118. The molecule has 1 aromatic rings. The Morgan fingerprint density at radius 3 is 2.23 bits per heavy atom. The van der Waals surface area contributed by atoms with Crippen molar-refractivity contribution < 1.29 is 22.8 Å². The summed E-state index contributed by atoms with van der Waals surface area (Å²) < 4.78 is 41.8. The lowest BCUT2D eigenvalue weighted by atomic mass is 9.80. The monoisotopic (exact) mass is 333 g/mol. The number of hydrogen-bond acceptors (Lipinski definition) is 4. The molecule has 0 spiro atoms. The molecule has 1 aliphatic rings. The average molecular weight is 334 g/mol. The lowest BCUT2D eigenvalue weighted by Crippen LogP contribution is -2.41. The minimum absolute atomic E-state index is 0.0118. The van der Waals surface area contributed by atoms with E-state index in [0.29, 0.717) is 5.46 Å². The molecule has 0 aromatic carbocycles. The van der Waals surface area contributed by atoms with Gasteiger partial charge in [-0.3, -0.25) is 0 Å². The van der Waals surface area contributed by atoms with Gasteiger partial charge in [-0.05, 0) is 33.8 Å². The van der Waals surface area contributed by atoms with E-state index in [-0.39, 0.29) is 10.9 Å². The third kappa shape index (κ3) is 3.36. The van der Waals surface area contributed by atoms with Gasteiger partial charge in [0.25, 0.3) is 0 Å². The SMILES string of the molecule is CC1(C)OB(c2cnc(OC(CF)CF)c(Cl)c2)OC1(C)C. The molecule has 1 aromatic heterocycles. The first-order valence-electron chi connectivity index (χ1n) is 7.00. The first-order chi connectivity index (χ1) is 10.2.